The fourth-order valence-electron chi connectivity index (χ4n) is 2.93. The highest BCUT2D eigenvalue weighted by atomic mass is 15.3. The Balaban J connectivity index is 2.92. The second kappa shape index (κ2) is 7.18. The van der Waals surface area contributed by atoms with Gasteiger partial charge in [0.25, 0.3) is 0 Å². The molecular weight excluding hydrogens is 250 g/mol. The van der Waals surface area contributed by atoms with E-state index in [2.05, 4.69) is 56.5 Å². The molecule has 0 radical (unpaired) electrons. The monoisotopic (exact) mass is 281 g/mol. The lowest BCUT2D eigenvalue weighted by Gasteiger charge is -2.44. The topological polar surface area (TPSA) is 60.0 Å². The minimum absolute atomic E-state index is 0.00272. The Kier molecular flexibility index (Phi) is 6.14. The van der Waals surface area contributed by atoms with Crippen molar-refractivity contribution in [1.82, 2.24) is 19.7 Å². The molecule has 116 valence electrons. The summed E-state index contributed by atoms with van der Waals surface area (Å²) in [6, 6.07) is 0.370. The molecule has 5 heteroatoms. The molecule has 1 rings (SSSR count). The first-order valence-electron chi connectivity index (χ1n) is 7.79. The largest absolute Gasteiger partial charge is 0.326 e. The zero-order valence-electron chi connectivity index (χ0n) is 13.9. The Labute approximate surface area is 123 Å². The van der Waals surface area contributed by atoms with Crippen molar-refractivity contribution < 1.29 is 0 Å². The van der Waals surface area contributed by atoms with Crippen molar-refractivity contribution in [3.05, 3.63) is 12.2 Å². The van der Waals surface area contributed by atoms with E-state index in [0.717, 1.165) is 31.8 Å². The molecule has 0 aliphatic heterocycles. The molecule has 0 aliphatic rings. The maximum atomic E-state index is 6.55. The molecule has 0 spiro atoms. The lowest BCUT2D eigenvalue weighted by atomic mass is 9.85. The van der Waals surface area contributed by atoms with Gasteiger partial charge in [-0.2, -0.15) is 5.10 Å². The van der Waals surface area contributed by atoms with Crippen LogP contribution in [0, 0.1) is 0 Å². The van der Waals surface area contributed by atoms with Crippen molar-refractivity contribution in [1.29, 1.82) is 0 Å². The van der Waals surface area contributed by atoms with E-state index in [1.807, 2.05) is 4.68 Å². The molecule has 0 saturated carbocycles. The van der Waals surface area contributed by atoms with Gasteiger partial charge in [-0.3, -0.25) is 4.90 Å². The first-order chi connectivity index (χ1) is 9.40. The Morgan fingerprint density at radius 3 is 2.35 bits per heavy atom. The summed E-state index contributed by atoms with van der Waals surface area (Å²) in [5, 5.41) is 4.30. The van der Waals surface area contributed by atoms with Crippen LogP contribution >= 0.6 is 0 Å². The van der Waals surface area contributed by atoms with Crippen molar-refractivity contribution in [2.75, 3.05) is 13.1 Å². The van der Waals surface area contributed by atoms with Crippen molar-refractivity contribution >= 4 is 0 Å². The zero-order valence-corrected chi connectivity index (χ0v) is 13.9. The molecule has 1 aromatic rings. The third-order valence-corrected chi connectivity index (χ3v) is 4.54. The summed E-state index contributed by atoms with van der Waals surface area (Å²) in [6.07, 6.45) is 3.42. The van der Waals surface area contributed by atoms with Crippen LogP contribution in [0.4, 0.5) is 0 Å². The van der Waals surface area contributed by atoms with Crippen LogP contribution in [0.2, 0.25) is 0 Å². The van der Waals surface area contributed by atoms with Crippen LogP contribution in [0.15, 0.2) is 6.33 Å². The average molecular weight is 281 g/mol. The maximum absolute atomic E-state index is 6.55. The highest BCUT2D eigenvalue weighted by molar-refractivity contribution is 5.01. The van der Waals surface area contributed by atoms with Gasteiger partial charge in [-0.1, -0.05) is 20.8 Å². The summed E-state index contributed by atoms with van der Waals surface area (Å²) in [7, 11) is 0. The summed E-state index contributed by atoms with van der Waals surface area (Å²) in [4.78, 5) is 6.84. The molecule has 1 aromatic heterocycles. The normalized spacial score (nSPS) is 16.6. The minimum atomic E-state index is -0.00272. The van der Waals surface area contributed by atoms with Crippen LogP contribution in [-0.4, -0.2) is 44.3 Å². The number of rotatable bonds is 8. The Morgan fingerprint density at radius 2 is 1.90 bits per heavy atom. The molecule has 0 bridgehead atoms. The highest BCUT2D eigenvalue weighted by Crippen LogP contribution is 2.24. The van der Waals surface area contributed by atoms with Crippen molar-refractivity contribution in [3.63, 3.8) is 0 Å². The zero-order chi connectivity index (χ0) is 15.3. The summed E-state index contributed by atoms with van der Waals surface area (Å²) in [5.74, 6) is 0.985. The smallest absolute Gasteiger partial charge is 0.138 e. The first kappa shape index (κ1) is 17.1. The summed E-state index contributed by atoms with van der Waals surface area (Å²) in [6.45, 7) is 15.1. The second-order valence-electron chi connectivity index (χ2n) is 5.91. The van der Waals surface area contributed by atoms with Gasteiger partial charge in [-0.15, -0.1) is 0 Å². The van der Waals surface area contributed by atoms with Crippen LogP contribution in [-0.2, 0) is 6.42 Å². The summed E-state index contributed by atoms with van der Waals surface area (Å²) < 4.78 is 1.97. The first-order valence-corrected chi connectivity index (χ1v) is 7.79. The fraction of sp³-hybridized carbons (Fsp3) is 0.867. The van der Waals surface area contributed by atoms with Crippen molar-refractivity contribution in [2.24, 2.45) is 5.73 Å². The molecule has 2 unspecified atom stereocenters. The standard InChI is InChI=1S/C15H31N5/c1-7-15(6,19(8-2)9-3)13(16)10-14-17-11-18-20(14)12(4)5/h11-13H,7-10,16H2,1-6H3. The molecule has 2 N–H and O–H groups in total. The number of hydrogen-bond donors (Lipinski definition) is 1. The van der Waals surface area contributed by atoms with Gasteiger partial charge >= 0.3 is 0 Å². The van der Waals surface area contributed by atoms with Gasteiger partial charge in [0.05, 0.1) is 0 Å². The van der Waals surface area contributed by atoms with Crippen LogP contribution in [0.5, 0.6) is 0 Å². The van der Waals surface area contributed by atoms with Crippen LogP contribution in [0.1, 0.15) is 59.8 Å². The van der Waals surface area contributed by atoms with E-state index >= 15 is 0 Å². The third kappa shape index (κ3) is 3.38. The Hall–Kier alpha value is -0.940. The van der Waals surface area contributed by atoms with Crippen LogP contribution < -0.4 is 5.73 Å². The SMILES string of the molecule is CCN(CC)C(C)(CC)C(N)Cc1ncnn1C(C)C. The molecule has 0 aromatic carbocycles. The lowest BCUT2D eigenvalue weighted by molar-refractivity contribution is 0.0833. The summed E-state index contributed by atoms with van der Waals surface area (Å²) >= 11 is 0. The van der Waals surface area contributed by atoms with Crippen LogP contribution in [0.3, 0.4) is 0 Å². The number of nitrogens with two attached hydrogens (primary N) is 1. The molecular formula is C15H31N5. The highest BCUT2D eigenvalue weighted by Gasteiger charge is 2.35. The Morgan fingerprint density at radius 1 is 1.30 bits per heavy atom. The van der Waals surface area contributed by atoms with Gasteiger partial charge in [-0.05, 0) is 40.3 Å². The Bertz CT molecular complexity index is 397. The number of aromatic nitrogens is 3. The van der Waals surface area contributed by atoms with E-state index < -0.39 is 0 Å². The van der Waals surface area contributed by atoms with E-state index in [4.69, 9.17) is 5.73 Å². The van der Waals surface area contributed by atoms with E-state index in [0.29, 0.717) is 6.04 Å². The third-order valence-electron chi connectivity index (χ3n) is 4.54. The lowest BCUT2D eigenvalue weighted by Crippen LogP contribution is -2.58. The van der Waals surface area contributed by atoms with Gasteiger partial charge in [0.15, 0.2) is 0 Å². The van der Waals surface area contributed by atoms with Gasteiger partial charge in [0.2, 0.25) is 0 Å². The molecule has 0 aliphatic carbocycles. The molecule has 0 amide bonds. The summed E-state index contributed by atoms with van der Waals surface area (Å²) in [5.41, 5.74) is 6.55. The van der Waals surface area contributed by atoms with Gasteiger partial charge in [0, 0.05) is 24.0 Å². The fourth-order valence-corrected chi connectivity index (χ4v) is 2.93. The van der Waals surface area contributed by atoms with E-state index in [1.165, 1.54) is 0 Å². The molecule has 2 atom stereocenters. The number of likely N-dealkylation sites (N-methyl/N-ethyl adjacent to an activating group) is 1. The predicted molar refractivity (Wildman–Crippen MR) is 83.7 cm³/mol. The number of nitrogens with zero attached hydrogens (tertiary/aromatic N) is 4. The minimum Gasteiger partial charge on any atom is -0.326 e. The predicted octanol–water partition coefficient (Wildman–Crippen LogP) is 2.24. The quantitative estimate of drug-likeness (QED) is 0.794. The molecule has 0 fully saturated rings. The van der Waals surface area contributed by atoms with Gasteiger partial charge < -0.3 is 5.73 Å². The van der Waals surface area contributed by atoms with Crippen molar-refractivity contribution in [3.8, 4) is 0 Å². The van der Waals surface area contributed by atoms with E-state index in [-0.39, 0.29) is 11.6 Å². The second-order valence-corrected chi connectivity index (χ2v) is 5.91. The number of hydrogen-bond acceptors (Lipinski definition) is 4. The van der Waals surface area contributed by atoms with Gasteiger partial charge in [-0.25, -0.2) is 9.67 Å². The van der Waals surface area contributed by atoms with E-state index in [1.54, 1.807) is 6.33 Å². The average Bonchev–Trinajstić information content (AvgIpc) is 2.87. The molecule has 1 heterocycles. The maximum Gasteiger partial charge on any atom is 0.138 e. The molecule has 20 heavy (non-hydrogen) atoms. The van der Waals surface area contributed by atoms with Crippen LogP contribution in [0.25, 0.3) is 0 Å². The van der Waals surface area contributed by atoms with Crippen molar-refractivity contribution in [2.45, 2.75) is 72.0 Å². The molecule has 0 saturated heterocycles. The molecule has 5 nitrogen and oxygen atoms in total. The van der Waals surface area contributed by atoms with E-state index in [9.17, 15) is 0 Å². The van der Waals surface area contributed by atoms with Gasteiger partial charge in [0.1, 0.15) is 12.2 Å².